The van der Waals surface area contributed by atoms with Gasteiger partial charge in [-0.25, -0.2) is 4.98 Å². The van der Waals surface area contributed by atoms with E-state index in [0.717, 1.165) is 30.6 Å². The maximum absolute atomic E-state index is 14.1. The number of benzene rings is 3. The molecule has 1 aromatic heterocycles. The number of nitrogens with zero attached hydrogens (tertiary/aromatic N) is 3. The van der Waals surface area contributed by atoms with Crippen LogP contribution in [0.3, 0.4) is 0 Å². The zero-order valence-corrected chi connectivity index (χ0v) is 22.6. The fraction of sp³-hybridized carbons (Fsp3) is 0.323. The van der Waals surface area contributed by atoms with Gasteiger partial charge in [-0.2, -0.15) is 0 Å². The minimum atomic E-state index is -0.385. The number of nitrogens with one attached hydrogen (secondary N) is 1. The number of aromatic nitrogens is 2. The number of hydrogen-bond donors (Lipinski definition) is 1. The second kappa shape index (κ2) is 11.5. The second-order valence-corrected chi connectivity index (χ2v) is 10.6. The predicted octanol–water partition coefficient (Wildman–Crippen LogP) is 5.61. The number of carbonyl (C=O) groups excluding carboxylic acids is 1. The molecule has 196 valence electrons. The fourth-order valence-electron chi connectivity index (χ4n) is 5.29. The van der Waals surface area contributed by atoms with Crippen molar-refractivity contribution in [2.45, 2.75) is 39.3 Å². The van der Waals surface area contributed by atoms with E-state index in [1.54, 1.807) is 22.8 Å². The summed E-state index contributed by atoms with van der Waals surface area (Å²) in [5.41, 5.74) is 3.16. The van der Waals surface area contributed by atoms with Gasteiger partial charge in [-0.15, -0.1) is 0 Å². The molecule has 0 saturated carbocycles. The van der Waals surface area contributed by atoms with Gasteiger partial charge in [-0.3, -0.25) is 14.2 Å². The Labute approximate surface area is 228 Å². The van der Waals surface area contributed by atoms with Gasteiger partial charge in [0.1, 0.15) is 5.82 Å². The van der Waals surface area contributed by atoms with Crippen LogP contribution >= 0.6 is 11.6 Å². The first-order valence-electron chi connectivity index (χ1n) is 13.3. The van der Waals surface area contributed by atoms with Crippen molar-refractivity contribution in [2.24, 2.45) is 5.92 Å². The number of aryl methyl sites for hydroxylation is 1. The van der Waals surface area contributed by atoms with E-state index < -0.39 is 0 Å². The highest BCUT2D eigenvalue weighted by molar-refractivity contribution is 6.31. The molecular formula is C31H33ClN4O2. The van der Waals surface area contributed by atoms with Crippen LogP contribution in [0.15, 0.2) is 77.6 Å². The van der Waals surface area contributed by atoms with Gasteiger partial charge in [-0.05, 0) is 74.7 Å². The van der Waals surface area contributed by atoms with Gasteiger partial charge in [0.25, 0.3) is 11.5 Å². The van der Waals surface area contributed by atoms with Crippen LogP contribution in [0.25, 0.3) is 10.9 Å². The van der Waals surface area contributed by atoms with Crippen molar-refractivity contribution < 1.29 is 4.79 Å². The number of amides is 1. The van der Waals surface area contributed by atoms with Crippen LogP contribution in [-0.4, -0.2) is 40.0 Å². The lowest BCUT2D eigenvalue weighted by atomic mass is 10.0. The summed E-state index contributed by atoms with van der Waals surface area (Å²) in [5.74, 6) is 0.876. The summed E-state index contributed by atoms with van der Waals surface area (Å²) in [6.45, 7) is 6.83. The Morgan fingerprint density at radius 2 is 1.89 bits per heavy atom. The zero-order valence-electron chi connectivity index (χ0n) is 21.9. The molecule has 1 saturated heterocycles. The second-order valence-electron chi connectivity index (χ2n) is 10.1. The van der Waals surface area contributed by atoms with Crippen LogP contribution in [0.2, 0.25) is 5.02 Å². The lowest BCUT2D eigenvalue weighted by Crippen LogP contribution is -2.42. The number of rotatable bonds is 8. The molecule has 3 aromatic carbocycles. The van der Waals surface area contributed by atoms with Gasteiger partial charge >= 0.3 is 0 Å². The maximum atomic E-state index is 14.1. The molecule has 1 N–H and O–H groups in total. The summed E-state index contributed by atoms with van der Waals surface area (Å²) in [6.07, 6.45) is 1.62. The molecule has 0 radical (unpaired) electrons. The highest BCUT2D eigenvalue weighted by atomic mass is 35.5. The quantitative estimate of drug-likeness (QED) is 0.323. The van der Waals surface area contributed by atoms with Crippen molar-refractivity contribution in [3.8, 4) is 0 Å². The predicted molar refractivity (Wildman–Crippen MR) is 153 cm³/mol. The average Bonchev–Trinajstić information content (AvgIpc) is 3.44. The molecule has 1 aliphatic heterocycles. The summed E-state index contributed by atoms with van der Waals surface area (Å²) >= 11 is 6.31. The van der Waals surface area contributed by atoms with Gasteiger partial charge in [-0.1, -0.05) is 66.6 Å². The lowest BCUT2D eigenvalue weighted by Gasteiger charge is -2.34. The van der Waals surface area contributed by atoms with E-state index in [4.69, 9.17) is 16.6 Å². The molecule has 1 aliphatic rings. The third kappa shape index (κ3) is 5.52. The summed E-state index contributed by atoms with van der Waals surface area (Å²) in [6, 6.07) is 22.4. The molecule has 1 amide bonds. The number of carbonyl (C=O) groups is 1. The molecule has 7 heteroatoms. The number of hydrogen-bond acceptors (Lipinski definition) is 4. The van der Waals surface area contributed by atoms with Crippen LogP contribution in [0, 0.1) is 12.8 Å². The molecule has 0 bridgehead atoms. The van der Waals surface area contributed by atoms with Crippen molar-refractivity contribution in [1.82, 2.24) is 19.8 Å². The number of halogens is 1. The van der Waals surface area contributed by atoms with Gasteiger partial charge in [0, 0.05) is 17.1 Å². The van der Waals surface area contributed by atoms with Crippen molar-refractivity contribution in [3.05, 3.63) is 111 Å². The van der Waals surface area contributed by atoms with Crippen LogP contribution in [-0.2, 0) is 6.54 Å². The van der Waals surface area contributed by atoms with E-state index in [9.17, 15) is 9.59 Å². The standard InChI is InChI=1S/C31H33ClN4O2/c1-3-28(35(20-23-15-16-33-18-23)30(37)24-11-9-21(2)10-12-24)29-34-27-17-25(32)13-14-26(27)31(38)36(29)19-22-7-5-4-6-8-22/h4-14,17,23,28,33H,3,15-16,18-20H2,1-2H3. The van der Waals surface area contributed by atoms with Crippen molar-refractivity contribution in [3.63, 3.8) is 0 Å². The highest BCUT2D eigenvalue weighted by Crippen LogP contribution is 2.29. The minimum absolute atomic E-state index is 0.0459. The van der Waals surface area contributed by atoms with Gasteiger partial charge in [0.2, 0.25) is 0 Å². The molecule has 4 aromatic rings. The van der Waals surface area contributed by atoms with Crippen molar-refractivity contribution >= 4 is 28.4 Å². The summed E-state index contributed by atoms with van der Waals surface area (Å²) in [7, 11) is 0. The minimum Gasteiger partial charge on any atom is -0.328 e. The molecule has 0 aliphatic carbocycles. The van der Waals surface area contributed by atoms with Gasteiger partial charge in [0.05, 0.1) is 23.5 Å². The lowest BCUT2D eigenvalue weighted by molar-refractivity contribution is 0.0623. The molecule has 5 rings (SSSR count). The average molecular weight is 529 g/mol. The monoisotopic (exact) mass is 528 g/mol. The Morgan fingerprint density at radius 1 is 1.13 bits per heavy atom. The van der Waals surface area contributed by atoms with Crippen LogP contribution in [0.1, 0.15) is 53.1 Å². The fourth-order valence-corrected chi connectivity index (χ4v) is 5.46. The smallest absolute Gasteiger partial charge is 0.261 e. The van der Waals surface area contributed by atoms with E-state index in [0.29, 0.717) is 52.7 Å². The topological polar surface area (TPSA) is 67.2 Å². The molecule has 38 heavy (non-hydrogen) atoms. The van der Waals surface area contributed by atoms with Gasteiger partial charge in [0.15, 0.2) is 0 Å². The first kappa shape index (κ1) is 26.1. The van der Waals surface area contributed by atoms with Gasteiger partial charge < -0.3 is 10.2 Å². The SMILES string of the molecule is CCC(c1nc2cc(Cl)ccc2c(=O)n1Cc1ccccc1)N(CC1CCNC1)C(=O)c1ccc(C)cc1. The first-order chi connectivity index (χ1) is 18.4. The molecule has 2 unspecified atom stereocenters. The first-order valence-corrected chi connectivity index (χ1v) is 13.6. The van der Waals surface area contributed by atoms with E-state index in [1.807, 2.05) is 73.3 Å². The molecule has 2 atom stereocenters. The largest absolute Gasteiger partial charge is 0.328 e. The Kier molecular flexibility index (Phi) is 7.91. The van der Waals surface area contributed by atoms with E-state index in [-0.39, 0.29) is 17.5 Å². The van der Waals surface area contributed by atoms with Crippen molar-refractivity contribution in [2.75, 3.05) is 19.6 Å². The Bertz CT molecular complexity index is 1480. The highest BCUT2D eigenvalue weighted by Gasteiger charge is 2.32. The summed E-state index contributed by atoms with van der Waals surface area (Å²) in [5, 5.41) is 4.46. The third-order valence-corrected chi connectivity index (χ3v) is 7.60. The Balaban J connectivity index is 1.66. The molecular weight excluding hydrogens is 496 g/mol. The Morgan fingerprint density at radius 3 is 2.58 bits per heavy atom. The summed E-state index contributed by atoms with van der Waals surface area (Å²) in [4.78, 5) is 34.9. The normalized spacial score (nSPS) is 16.0. The zero-order chi connectivity index (χ0) is 26.6. The number of fused-ring (bicyclic) bond motifs is 1. The molecule has 0 spiro atoms. The van der Waals surface area contributed by atoms with E-state index in [1.165, 1.54) is 0 Å². The molecule has 2 heterocycles. The van der Waals surface area contributed by atoms with E-state index in [2.05, 4.69) is 5.32 Å². The van der Waals surface area contributed by atoms with Crippen molar-refractivity contribution in [1.29, 1.82) is 0 Å². The molecule has 1 fully saturated rings. The summed E-state index contributed by atoms with van der Waals surface area (Å²) < 4.78 is 1.74. The van der Waals surface area contributed by atoms with Crippen LogP contribution in [0.5, 0.6) is 0 Å². The maximum Gasteiger partial charge on any atom is 0.261 e. The van der Waals surface area contributed by atoms with Crippen LogP contribution < -0.4 is 10.9 Å². The van der Waals surface area contributed by atoms with Crippen LogP contribution in [0.4, 0.5) is 0 Å². The third-order valence-electron chi connectivity index (χ3n) is 7.37. The Hall–Kier alpha value is -3.48. The van der Waals surface area contributed by atoms with E-state index >= 15 is 0 Å². The molecule has 6 nitrogen and oxygen atoms in total.